The molecule has 4 rings (SSSR count). The maximum atomic E-state index is 4.74. The number of nitrogens with one attached hydrogen (secondary N) is 2. The van der Waals surface area contributed by atoms with Gasteiger partial charge in [-0.05, 0) is 50.1 Å². The van der Waals surface area contributed by atoms with Gasteiger partial charge in [0.25, 0.3) is 0 Å². The Morgan fingerprint density at radius 3 is 2.80 bits per heavy atom. The van der Waals surface area contributed by atoms with Crippen LogP contribution in [-0.2, 0) is 0 Å². The van der Waals surface area contributed by atoms with E-state index in [-0.39, 0.29) is 6.04 Å². The molecule has 1 aromatic carbocycles. The number of thiophene rings is 1. The summed E-state index contributed by atoms with van der Waals surface area (Å²) in [7, 11) is 0. The van der Waals surface area contributed by atoms with Crippen molar-refractivity contribution in [1.82, 2.24) is 15.3 Å². The summed E-state index contributed by atoms with van der Waals surface area (Å²) in [4.78, 5) is 10.8. The van der Waals surface area contributed by atoms with E-state index in [0.717, 1.165) is 34.5 Å². The number of hydrogen-bond acceptors (Lipinski definition) is 3. The quantitative estimate of drug-likeness (QED) is 0.606. The van der Waals surface area contributed by atoms with Crippen LogP contribution in [0.25, 0.3) is 16.6 Å². The summed E-state index contributed by atoms with van der Waals surface area (Å²) in [6.45, 7) is 12.6. The highest BCUT2D eigenvalue weighted by Crippen LogP contribution is 2.50. The predicted octanol–water partition coefficient (Wildman–Crippen LogP) is 5.63. The molecule has 3 nitrogen and oxygen atoms in total. The van der Waals surface area contributed by atoms with E-state index < -0.39 is 0 Å². The molecule has 0 aliphatic heterocycles. The van der Waals surface area contributed by atoms with Crippen LogP contribution < -0.4 is 5.32 Å². The van der Waals surface area contributed by atoms with Crippen molar-refractivity contribution in [1.29, 1.82) is 0 Å². The average Bonchev–Trinajstić information content (AvgIpc) is 3.05. The van der Waals surface area contributed by atoms with Crippen molar-refractivity contribution >= 4 is 27.9 Å². The smallest absolute Gasteiger partial charge is 0.111 e. The van der Waals surface area contributed by atoms with E-state index in [1.807, 2.05) is 12.1 Å². The summed E-state index contributed by atoms with van der Waals surface area (Å²) in [5, 5.41) is 3.59. The maximum Gasteiger partial charge on any atom is 0.111 e. The van der Waals surface area contributed by atoms with Gasteiger partial charge < -0.3 is 10.3 Å². The molecule has 1 aliphatic carbocycles. The van der Waals surface area contributed by atoms with E-state index >= 15 is 0 Å². The molecule has 0 spiro atoms. The van der Waals surface area contributed by atoms with Gasteiger partial charge in [0.2, 0.25) is 0 Å². The molecule has 128 valence electrons. The van der Waals surface area contributed by atoms with Crippen LogP contribution in [0.5, 0.6) is 0 Å². The molecular formula is C21H23N3S. The zero-order chi connectivity index (χ0) is 17.6. The SMILES string of the molecule is C=C(C)c1ccc([C@@H](C)NC(=C)C2CC2c2nc3ccccc3[nH]2)s1. The molecule has 1 saturated carbocycles. The van der Waals surface area contributed by atoms with E-state index in [1.165, 1.54) is 9.75 Å². The van der Waals surface area contributed by atoms with Crippen LogP contribution in [-0.4, -0.2) is 9.97 Å². The van der Waals surface area contributed by atoms with Gasteiger partial charge in [0, 0.05) is 27.3 Å². The van der Waals surface area contributed by atoms with Crippen molar-refractivity contribution in [2.24, 2.45) is 5.92 Å². The lowest BCUT2D eigenvalue weighted by Gasteiger charge is -2.16. The summed E-state index contributed by atoms with van der Waals surface area (Å²) in [6, 6.07) is 12.8. The van der Waals surface area contributed by atoms with Crippen molar-refractivity contribution < 1.29 is 0 Å². The van der Waals surface area contributed by atoms with Crippen LogP contribution in [0.2, 0.25) is 0 Å². The predicted molar refractivity (Wildman–Crippen MR) is 107 cm³/mol. The fourth-order valence-corrected chi connectivity index (χ4v) is 4.24. The first kappa shape index (κ1) is 16.2. The number of allylic oxidation sites excluding steroid dienone is 2. The Hall–Kier alpha value is -2.33. The van der Waals surface area contributed by atoms with Gasteiger partial charge in [0.05, 0.1) is 17.1 Å². The van der Waals surface area contributed by atoms with Gasteiger partial charge in [-0.15, -0.1) is 11.3 Å². The van der Waals surface area contributed by atoms with Crippen LogP contribution in [0.15, 0.2) is 55.3 Å². The molecular weight excluding hydrogens is 326 g/mol. The second kappa shape index (κ2) is 6.19. The number of benzene rings is 1. The van der Waals surface area contributed by atoms with E-state index in [0.29, 0.717) is 11.8 Å². The number of rotatable bonds is 6. The van der Waals surface area contributed by atoms with E-state index in [1.54, 1.807) is 11.3 Å². The van der Waals surface area contributed by atoms with Gasteiger partial charge in [0.1, 0.15) is 5.82 Å². The normalized spacial score (nSPS) is 20.4. The average molecular weight is 350 g/mol. The van der Waals surface area contributed by atoms with Crippen LogP contribution in [0, 0.1) is 5.92 Å². The second-order valence-electron chi connectivity index (χ2n) is 6.96. The topological polar surface area (TPSA) is 40.7 Å². The van der Waals surface area contributed by atoms with Gasteiger partial charge in [-0.1, -0.05) is 25.3 Å². The molecule has 4 heteroatoms. The van der Waals surface area contributed by atoms with Crippen LogP contribution >= 0.6 is 11.3 Å². The lowest BCUT2D eigenvalue weighted by atomic mass is 10.2. The summed E-state index contributed by atoms with van der Waals surface area (Å²) in [6.07, 6.45) is 1.11. The Kier molecular flexibility index (Phi) is 4.00. The van der Waals surface area contributed by atoms with Gasteiger partial charge in [0.15, 0.2) is 0 Å². The van der Waals surface area contributed by atoms with Crippen LogP contribution in [0.3, 0.4) is 0 Å². The molecule has 3 aromatic rings. The second-order valence-corrected chi connectivity index (χ2v) is 8.08. The number of imidazole rings is 1. The number of nitrogens with zero attached hydrogens (tertiary/aromatic N) is 1. The van der Waals surface area contributed by atoms with Gasteiger partial charge in [-0.25, -0.2) is 4.98 Å². The largest absolute Gasteiger partial charge is 0.381 e. The minimum absolute atomic E-state index is 0.266. The lowest BCUT2D eigenvalue weighted by molar-refractivity contribution is 0.626. The number of hydrogen-bond donors (Lipinski definition) is 2. The fourth-order valence-electron chi connectivity index (χ4n) is 3.30. The molecule has 1 aliphatic rings. The molecule has 2 unspecified atom stereocenters. The highest BCUT2D eigenvalue weighted by Gasteiger charge is 2.43. The minimum atomic E-state index is 0.266. The Morgan fingerprint density at radius 2 is 2.08 bits per heavy atom. The lowest BCUT2D eigenvalue weighted by Crippen LogP contribution is -2.18. The zero-order valence-electron chi connectivity index (χ0n) is 14.7. The van der Waals surface area contributed by atoms with Crippen molar-refractivity contribution in [2.45, 2.75) is 32.2 Å². The van der Waals surface area contributed by atoms with Crippen molar-refractivity contribution in [3.63, 3.8) is 0 Å². The maximum absolute atomic E-state index is 4.74. The molecule has 2 heterocycles. The molecule has 1 fully saturated rings. The zero-order valence-corrected chi connectivity index (χ0v) is 15.5. The molecule has 0 radical (unpaired) electrons. The van der Waals surface area contributed by atoms with Crippen molar-refractivity contribution in [3.05, 3.63) is 70.8 Å². The highest BCUT2D eigenvalue weighted by molar-refractivity contribution is 7.13. The standard InChI is InChI=1S/C21H23N3S/c1-12(2)19-9-10-20(25-19)14(4)22-13(3)15-11-16(15)21-23-17-7-5-6-8-18(17)24-21/h5-10,14-16,22H,1,3,11H2,2,4H3,(H,23,24)/t14-,15?,16?/m1/s1. The van der Waals surface area contributed by atoms with E-state index in [2.05, 4.69) is 61.6 Å². The van der Waals surface area contributed by atoms with E-state index in [4.69, 9.17) is 4.98 Å². The number of aromatic nitrogens is 2. The number of aromatic amines is 1. The third kappa shape index (κ3) is 3.14. The third-order valence-electron chi connectivity index (χ3n) is 4.87. The summed E-state index contributed by atoms with van der Waals surface area (Å²) in [5.41, 5.74) is 4.39. The van der Waals surface area contributed by atoms with Gasteiger partial charge in [-0.3, -0.25) is 0 Å². The molecule has 2 aromatic heterocycles. The number of H-pyrrole nitrogens is 1. The molecule has 0 saturated heterocycles. The van der Waals surface area contributed by atoms with Gasteiger partial charge >= 0.3 is 0 Å². The fraction of sp³-hybridized carbons (Fsp3) is 0.286. The first-order valence-corrected chi connectivity index (χ1v) is 9.50. The molecule has 3 atom stereocenters. The van der Waals surface area contributed by atoms with Crippen LogP contribution in [0.4, 0.5) is 0 Å². The minimum Gasteiger partial charge on any atom is -0.381 e. The molecule has 2 N–H and O–H groups in total. The van der Waals surface area contributed by atoms with E-state index in [9.17, 15) is 0 Å². The molecule has 0 amide bonds. The summed E-state index contributed by atoms with van der Waals surface area (Å²) >= 11 is 1.80. The monoisotopic (exact) mass is 349 g/mol. The third-order valence-corrected chi connectivity index (χ3v) is 6.30. The summed E-state index contributed by atoms with van der Waals surface area (Å²) < 4.78 is 0. The molecule has 0 bridgehead atoms. The Balaban J connectivity index is 1.41. The Morgan fingerprint density at radius 1 is 1.28 bits per heavy atom. The Bertz CT molecular complexity index is 916. The number of fused-ring (bicyclic) bond motifs is 1. The molecule has 25 heavy (non-hydrogen) atoms. The first-order valence-electron chi connectivity index (χ1n) is 8.68. The number of para-hydroxylation sites is 2. The Labute approximate surface area is 152 Å². The first-order chi connectivity index (χ1) is 12.0. The van der Waals surface area contributed by atoms with Crippen LogP contribution in [0.1, 0.15) is 47.8 Å². The highest BCUT2D eigenvalue weighted by atomic mass is 32.1. The van der Waals surface area contributed by atoms with Gasteiger partial charge in [-0.2, -0.15) is 0 Å². The van der Waals surface area contributed by atoms with Crippen molar-refractivity contribution in [3.8, 4) is 0 Å². The summed E-state index contributed by atoms with van der Waals surface area (Å²) in [5.74, 6) is 2.00. The van der Waals surface area contributed by atoms with Crippen molar-refractivity contribution in [2.75, 3.05) is 0 Å².